The first-order valence-corrected chi connectivity index (χ1v) is 7.95. The third kappa shape index (κ3) is 2.59. The minimum atomic E-state index is 0.447. The van der Waals surface area contributed by atoms with Crippen LogP contribution in [0.3, 0.4) is 0 Å². The zero-order valence-electron chi connectivity index (χ0n) is 12.5. The summed E-state index contributed by atoms with van der Waals surface area (Å²) in [6.07, 6.45) is 9.53. The van der Waals surface area contributed by atoms with Crippen molar-refractivity contribution in [3.63, 3.8) is 0 Å². The standard InChI is InChI=1S/C17H25N3/c1-3-18-17(14-8-6-7-13(2)11-14)15-12-19-20-10-5-4-9-16(15)20/h4-5,9-10,12-14,17-18H,3,6-8,11H2,1-2H3. The van der Waals surface area contributed by atoms with Crippen molar-refractivity contribution < 1.29 is 0 Å². The highest BCUT2D eigenvalue weighted by atomic mass is 15.2. The molecule has 2 aromatic rings. The molecular weight excluding hydrogens is 246 g/mol. The zero-order valence-corrected chi connectivity index (χ0v) is 12.5. The van der Waals surface area contributed by atoms with Gasteiger partial charge in [0, 0.05) is 17.8 Å². The van der Waals surface area contributed by atoms with Crippen LogP contribution in [0.15, 0.2) is 30.6 Å². The molecule has 3 nitrogen and oxygen atoms in total. The van der Waals surface area contributed by atoms with Crippen LogP contribution in [0.25, 0.3) is 5.52 Å². The van der Waals surface area contributed by atoms with Crippen LogP contribution < -0.4 is 5.32 Å². The van der Waals surface area contributed by atoms with Crippen molar-refractivity contribution >= 4 is 5.52 Å². The Morgan fingerprint density at radius 3 is 3.10 bits per heavy atom. The van der Waals surface area contributed by atoms with Crippen LogP contribution in [-0.2, 0) is 0 Å². The molecule has 1 saturated carbocycles. The number of nitrogens with one attached hydrogen (secondary N) is 1. The van der Waals surface area contributed by atoms with Gasteiger partial charge in [0.1, 0.15) is 0 Å². The van der Waals surface area contributed by atoms with Gasteiger partial charge in [0.15, 0.2) is 0 Å². The summed E-state index contributed by atoms with van der Waals surface area (Å²) in [5, 5.41) is 8.23. The minimum Gasteiger partial charge on any atom is -0.310 e. The average molecular weight is 271 g/mol. The number of nitrogens with zero attached hydrogens (tertiary/aromatic N) is 2. The Balaban J connectivity index is 1.93. The Bertz CT molecular complexity index is 560. The van der Waals surface area contributed by atoms with Gasteiger partial charge < -0.3 is 5.32 Å². The monoisotopic (exact) mass is 271 g/mol. The van der Waals surface area contributed by atoms with Crippen LogP contribution >= 0.6 is 0 Å². The lowest BCUT2D eigenvalue weighted by atomic mass is 9.77. The predicted molar refractivity (Wildman–Crippen MR) is 82.7 cm³/mol. The zero-order chi connectivity index (χ0) is 13.9. The lowest BCUT2D eigenvalue weighted by Gasteiger charge is -2.33. The maximum Gasteiger partial charge on any atom is 0.0709 e. The minimum absolute atomic E-state index is 0.447. The lowest BCUT2D eigenvalue weighted by Crippen LogP contribution is -2.31. The van der Waals surface area contributed by atoms with Crippen molar-refractivity contribution in [2.24, 2.45) is 11.8 Å². The molecule has 3 atom stereocenters. The quantitative estimate of drug-likeness (QED) is 0.916. The van der Waals surface area contributed by atoms with Gasteiger partial charge in [-0.1, -0.05) is 32.8 Å². The van der Waals surface area contributed by atoms with Crippen LogP contribution in [0, 0.1) is 11.8 Å². The summed E-state index contributed by atoms with van der Waals surface area (Å²) in [5.74, 6) is 1.60. The van der Waals surface area contributed by atoms with Gasteiger partial charge in [-0.3, -0.25) is 0 Å². The third-order valence-electron chi connectivity index (χ3n) is 4.66. The Kier molecular flexibility index (Phi) is 4.06. The summed E-state index contributed by atoms with van der Waals surface area (Å²) in [6.45, 7) is 5.61. The first kappa shape index (κ1) is 13.6. The number of hydrogen-bond donors (Lipinski definition) is 1. The van der Waals surface area contributed by atoms with Gasteiger partial charge in [0.25, 0.3) is 0 Å². The highest BCUT2D eigenvalue weighted by molar-refractivity contribution is 5.55. The topological polar surface area (TPSA) is 29.3 Å². The summed E-state index contributed by atoms with van der Waals surface area (Å²) in [7, 11) is 0. The molecule has 0 bridgehead atoms. The number of hydrogen-bond acceptors (Lipinski definition) is 2. The second-order valence-corrected chi connectivity index (χ2v) is 6.20. The van der Waals surface area contributed by atoms with E-state index in [1.54, 1.807) is 0 Å². The van der Waals surface area contributed by atoms with Gasteiger partial charge in [0.05, 0.1) is 11.7 Å². The molecule has 0 aromatic carbocycles. The van der Waals surface area contributed by atoms with Crippen molar-refractivity contribution in [2.45, 2.75) is 45.6 Å². The van der Waals surface area contributed by atoms with E-state index in [-0.39, 0.29) is 0 Å². The number of aromatic nitrogens is 2. The van der Waals surface area contributed by atoms with E-state index in [9.17, 15) is 0 Å². The summed E-state index contributed by atoms with van der Waals surface area (Å²) >= 11 is 0. The molecule has 3 heteroatoms. The summed E-state index contributed by atoms with van der Waals surface area (Å²) < 4.78 is 1.99. The molecular formula is C17H25N3. The second-order valence-electron chi connectivity index (χ2n) is 6.20. The number of pyridine rings is 1. The smallest absolute Gasteiger partial charge is 0.0709 e. The number of fused-ring (bicyclic) bond motifs is 1. The van der Waals surface area contributed by atoms with Crippen LogP contribution in [0.4, 0.5) is 0 Å². The molecule has 0 radical (unpaired) electrons. The Morgan fingerprint density at radius 1 is 1.40 bits per heavy atom. The average Bonchev–Trinajstić information content (AvgIpc) is 2.88. The van der Waals surface area contributed by atoms with Crippen molar-refractivity contribution in [3.05, 3.63) is 36.2 Å². The molecule has 1 fully saturated rings. The van der Waals surface area contributed by atoms with Crippen LogP contribution in [-0.4, -0.2) is 16.2 Å². The van der Waals surface area contributed by atoms with Gasteiger partial charge in [-0.15, -0.1) is 0 Å². The summed E-state index contributed by atoms with van der Waals surface area (Å²) in [4.78, 5) is 0. The molecule has 1 aliphatic rings. The molecule has 2 heterocycles. The van der Waals surface area contributed by atoms with E-state index in [1.807, 2.05) is 16.8 Å². The fraction of sp³-hybridized carbons (Fsp3) is 0.588. The van der Waals surface area contributed by atoms with E-state index < -0.39 is 0 Å². The summed E-state index contributed by atoms with van der Waals surface area (Å²) in [5.41, 5.74) is 2.61. The summed E-state index contributed by atoms with van der Waals surface area (Å²) in [6, 6.07) is 6.77. The largest absolute Gasteiger partial charge is 0.310 e. The highest BCUT2D eigenvalue weighted by Crippen LogP contribution is 2.38. The van der Waals surface area contributed by atoms with E-state index >= 15 is 0 Å². The fourth-order valence-electron chi connectivity index (χ4n) is 3.73. The molecule has 108 valence electrons. The fourth-order valence-corrected chi connectivity index (χ4v) is 3.73. The van der Waals surface area contributed by atoms with Crippen LogP contribution in [0.1, 0.15) is 51.1 Å². The van der Waals surface area contributed by atoms with E-state index in [0.717, 1.165) is 18.4 Å². The molecule has 3 rings (SSSR count). The number of rotatable bonds is 4. The Labute approximate surface area is 121 Å². The lowest BCUT2D eigenvalue weighted by molar-refractivity contribution is 0.226. The predicted octanol–water partition coefficient (Wildman–Crippen LogP) is 3.81. The molecule has 2 aromatic heterocycles. The van der Waals surface area contributed by atoms with Gasteiger partial charge in [-0.05, 0) is 43.4 Å². The van der Waals surface area contributed by atoms with E-state index in [0.29, 0.717) is 6.04 Å². The molecule has 1 aliphatic carbocycles. The molecule has 0 amide bonds. The van der Waals surface area contributed by atoms with Crippen molar-refractivity contribution in [1.29, 1.82) is 0 Å². The normalized spacial score (nSPS) is 24.9. The SMILES string of the molecule is CCNC(c1cnn2ccccc12)C1CCCC(C)C1. The van der Waals surface area contributed by atoms with E-state index in [4.69, 9.17) is 0 Å². The van der Waals surface area contributed by atoms with Crippen molar-refractivity contribution in [1.82, 2.24) is 14.9 Å². The molecule has 20 heavy (non-hydrogen) atoms. The van der Waals surface area contributed by atoms with E-state index in [2.05, 4.69) is 42.6 Å². The maximum absolute atomic E-state index is 4.51. The third-order valence-corrected chi connectivity index (χ3v) is 4.66. The van der Waals surface area contributed by atoms with Gasteiger partial charge in [-0.25, -0.2) is 4.52 Å². The van der Waals surface area contributed by atoms with E-state index in [1.165, 1.54) is 36.8 Å². The highest BCUT2D eigenvalue weighted by Gasteiger charge is 2.29. The molecule has 0 saturated heterocycles. The molecule has 3 unspecified atom stereocenters. The first-order chi connectivity index (χ1) is 9.79. The Hall–Kier alpha value is -1.35. The molecule has 0 spiro atoms. The van der Waals surface area contributed by atoms with Crippen LogP contribution in [0.2, 0.25) is 0 Å². The molecule has 0 aliphatic heterocycles. The first-order valence-electron chi connectivity index (χ1n) is 7.95. The van der Waals surface area contributed by atoms with Crippen molar-refractivity contribution in [2.75, 3.05) is 6.54 Å². The van der Waals surface area contributed by atoms with Gasteiger partial charge >= 0.3 is 0 Å². The Morgan fingerprint density at radius 2 is 2.30 bits per heavy atom. The van der Waals surface area contributed by atoms with Crippen molar-refractivity contribution in [3.8, 4) is 0 Å². The van der Waals surface area contributed by atoms with Gasteiger partial charge in [-0.2, -0.15) is 5.10 Å². The second kappa shape index (κ2) is 5.96. The van der Waals surface area contributed by atoms with Crippen LogP contribution in [0.5, 0.6) is 0 Å². The molecule has 1 N–H and O–H groups in total. The van der Waals surface area contributed by atoms with Gasteiger partial charge in [0.2, 0.25) is 0 Å². The maximum atomic E-state index is 4.51.